The molecule has 8 heteroatoms. The van der Waals surface area contributed by atoms with Crippen molar-refractivity contribution < 1.29 is 18.5 Å². The van der Waals surface area contributed by atoms with Crippen molar-refractivity contribution in [3.05, 3.63) is 64.0 Å². The summed E-state index contributed by atoms with van der Waals surface area (Å²) in [6, 6.07) is 4.81. The highest BCUT2D eigenvalue weighted by Crippen LogP contribution is 2.21. The van der Waals surface area contributed by atoms with Crippen LogP contribution >= 0.6 is 0 Å². The number of hydrogen-bond acceptors (Lipinski definition) is 4. The maximum atomic E-state index is 13.5. The van der Waals surface area contributed by atoms with Crippen LogP contribution in [0.15, 0.2) is 36.5 Å². The molecule has 6 nitrogen and oxygen atoms in total. The van der Waals surface area contributed by atoms with Crippen LogP contribution in [-0.4, -0.2) is 15.8 Å². The summed E-state index contributed by atoms with van der Waals surface area (Å²) in [6.07, 6.45) is 1.08. The number of anilines is 1. The lowest BCUT2D eigenvalue weighted by Gasteiger charge is -2.06. The van der Waals surface area contributed by atoms with Crippen LogP contribution in [0.2, 0.25) is 0 Å². The van der Waals surface area contributed by atoms with E-state index in [9.17, 15) is 23.7 Å². The molecule has 0 radical (unpaired) electrons. The van der Waals surface area contributed by atoms with Gasteiger partial charge in [-0.05, 0) is 12.1 Å². The van der Waals surface area contributed by atoms with Gasteiger partial charge in [0.2, 0.25) is 5.95 Å². The summed E-state index contributed by atoms with van der Waals surface area (Å²) in [6.45, 7) is 0. The van der Waals surface area contributed by atoms with E-state index < -0.39 is 22.6 Å². The summed E-state index contributed by atoms with van der Waals surface area (Å²) in [5.74, 6) is -2.50. The second-order valence-electron chi connectivity index (χ2n) is 3.74. The SMILES string of the molecule is O=C(Nc1cc([N+](=O)[O-])ccc1F)c1ccnc(F)c1. The van der Waals surface area contributed by atoms with Gasteiger partial charge in [0.25, 0.3) is 11.6 Å². The zero-order valence-corrected chi connectivity index (χ0v) is 9.84. The summed E-state index contributed by atoms with van der Waals surface area (Å²) in [5, 5.41) is 12.7. The predicted octanol–water partition coefficient (Wildman–Crippen LogP) is 2.52. The monoisotopic (exact) mass is 279 g/mol. The van der Waals surface area contributed by atoms with Crippen LogP contribution < -0.4 is 5.32 Å². The van der Waals surface area contributed by atoms with E-state index in [1.54, 1.807) is 0 Å². The molecule has 1 amide bonds. The standard InChI is InChI=1S/C12H7F2N3O3/c13-9-2-1-8(17(19)20)6-10(9)16-12(18)7-3-4-15-11(14)5-7/h1-6H,(H,16,18). The minimum Gasteiger partial charge on any atom is -0.319 e. The number of aromatic nitrogens is 1. The Labute approximate surface area is 111 Å². The first-order chi connectivity index (χ1) is 9.47. The number of nitrogens with one attached hydrogen (secondary N) is 1. The number of carbonyl (C=O) groups excluding carboxylic acids is 1. The van der Waals surface area contributed by atoms with E-state index >= 15 is 0 Å². The van der Waals surface area contributed by atoms with Gasteiger partial charge in [-0.1, -0.05) is 0 Å². The molecule has 102 valence electrons. The fourth-order valence-electron chi connectivity index (χ4n) is 1.46. The molecule has 0 fully saturated rings. The third-order valence-corrected chi connectivity index (χ3v) is 2.40. The third kappa shape index (κ3) is 2.91. The number of carbonyl (C=O) groups is 1. The van der Waals surface area contributed by atoms with Gasteiger partial charge in [-0.15, -0.1) is 0 Å². The van der Waals surface area contributed by atoms with Crippen LogP contribution in [0.25, 0.3) is 0 Å². The van der Waals surface area contributed by atoms with E-state index in [1.165, 1.54) is 6.07 Å². The Morgan fingerprint density at radius 3 is 2.65 bits per heavy atom. The molecular formula is C12H7F2N3O3. The van der Waals surface area contributed by atoms with Crippen molar-refractivity contribution >= 4 is 17.3 Å². The van der Waals surface area contributed by atoms with Gasteiger partial charge in [-0.2, -0.15) is 4.39 Å². The first-order valence-electron chi connectivity index (χ1n) is 5.34. The van der Waals surface area contributed by atoms with Crippen molar-refractivity contribution in [2.75, 3.05) is 5.32 Å². The molecule has 1 aromatic carbocycles. The number of benzene rings is 1. The van der Waals surface area contributed by atoms with Crippen LogP contribution in [0, 0.1) is 21.9 Å². The number of nitro benzene ring substituents is 1. The molecule has 0 aliphatic rings. The topological polar surface area (TPSA) is 85.1 Å². The van der Waals surface area contributed by atoms with Crippen molar-refractivity contribution in [2.24, 2.45) is 0 Å². The molecule has 2 rings (SSSR count). The lowest BCUT2D eigenvalue weighted by Crippen LogP contribution is -2.13. The van der Waals surface area contributed by atoms with Crippen LogP contribution in [0.3, 0.4) is 0 Å². The Morgan fingerprint density at radius 1 is 1.25 bits per heavy atom. The fourth-order valence-corrected chi connectivity index (χ4v) is 1.46. The van der Waals surface area contributed by atoms with E-state index in [1.807, 2.05) is 0 Å². The largest absolute Gasteiger partial charge is 0.319 e. The first-order valence-corrected chi connectivity index (χ1v) is 5.34. The highest BCUT2D eigenvalue weighted by Gasteiger charge is 2.14. The third-order valence-electron chi connectivity index (χ3n) is 2.40. The van der Waals surface area contributed by atoms with Crippen molar-refractivity contribution in [2.45, 2.75) is 0 Å². The first kappa shape index (κ1) is 13.5. The molecule has 0 spiro atoms. The summed E-state index contributed by atoms with van der Waals surface area (Å²) in [7, 11) is 0. The molecule has 2 aromatic rings. The van der Waals surface area contributed by atoms with Crippen molar-refractivity contribution in [1.29, 1.82) is 0 Å². The Kier molecular flexibility index (Phi) is 3.65. The van der Waals surface area contributed by atoms with Crippen LogP contribution in [0.5, 0.6) is 0 Å². The molecular weight excluding hydrogens is 272 g/mol. The number of halogens is 2. The van der Waals surface area contributed by atoms with Gasteiger partial charge in [0.05, 0.1) is 10.6 Å². The zero-order chi connectivity index (χ0) is 14.7. The lowest BCUT2D eigenvalue weighted by atomic mass is 10.2. The lowest BCUT2D eigenvalue weighted by molar-refractivity contribution is -0.384. The second kappa shape index (κ2) is 5.39. The van der Waals surface area contributed by atoms with Gasteiger partial charge < -0.3 is 5.32 Å². The Hall–Kier alpha value is -2.90. The summed E-state index contributed by atoms with van der Waals surface area (Å²) < 4.78 is 26.3. The summed E-state index contributed by atoms with van der Waals surface area (Å²) in [4.78, 5) is 24.9. The van der Waals surface area contributed by atoms with E-state index in [0.29, 0.717) is 0 Å². The molecule has 1 N–H and O–H groups in total. The number of nitrogens with zero attached hydrogens (tertiary/aromatic N) is 2. The van der Waals surface area contributed by atoms with Crippen molar-refractivity contribution in [1.82, 2.24) is 4.98 Å². The highest BCUT2D eigenvalue weighted by molar-refractivity contribution is 6.04. The molecule has 0 unspecified atom stereocenters. The Balaban J connectivity index is 2.27. The van der Waals surface area contributed by atoms with Crippen LogP contribution in [-0.2, 0) is 0 Å². The fraction of sp³-hybridized carbons (Fsp3) is 0. The minimum atomic E-state index is -0.864. The summed E-state index contributed by atoms with van der Waals surface area (Å²) in [5.41, 5.74) is -0.813. The quantitative estimate of drug-likeness (QED) is 0.531. The number of hydrogen-bond donors (Lipinski definition) is 1. The molecule has 0 saturated heterocycles. The molecule has 0 saturated carbocycles. The van der Waals surface area contributed by atoms with Gasteiger partial charge >= 0.3 is 0 Å². The van der Waals surface area contributed by atoms with Crippen LogP contribution in [0.1, 0.15) is 10.4 Å². The van der Waals surface area contributed by atoms with Crippen LogP contribution in [0.4, 0.5) is 20.2 Å². The van der Waals surface area contributed by atoms with Gasteiger partial charge in [0.1, 0.15) is 5.82 Å². The Morgan fingerprint density at radius 2 is 2.00 bits per heavy atom. The van der Waals surface area contributed by atoms with Gasteiger partial charge in [-0.25, -0.2) is 9.37 Å². The van der Waals surface area contributed by atoms with Gasteiger partial charge in [0, 0.05) is 30.0 Å². The molecule has 1 heterocycles. The number of nitro groups is 1. The van der Waals surface area contributed by atoms with Crippen molar-refractivity contribution in [3.63, 3.8) is 0 Å². The zero-order valence-electron chi connectivity index (χ0n) is 9.84. The molecule has 20 heavy (non-hydrogen) atoms. The van der Waals surface area contributed by atoms with Crippen molar-refractivity contribution in [3.8, 4) is 0 Å². The number of pyridine rings is 1. The Bertz CT molecular complexity index is 691. The van der Waals surface area contributed by atoms with E-state index in [0.717, 1.165) is 30.5 Å². The predicted molar refractivity (Wildman–Crippen MR) is 65.2 cm³/mol. The number of rotatable bonds is 3. The summed E-state index contributed by atoms with van der Waals surface area (Å²) >= 11 is 0. The molecule has 0 atom stereocenters. The number of non-ortho nitro benzene ring substituents is 1. The maximum Gasteiger partial charge on any atom is 0.271 e. The minimum absolute atomic E-state index is 0.0802. The maximum absolute atomic E-state index is 13.5. The average Bonchev–Trinajstić information content (AvgIpc) is 2.41. The normalized spacial score (nSPS) is 10.1. The highest BCUT2D eigenvalue weighted by atomic mass is 19.1. The molecule has 1 aromatic heterocycles. The molecule has 0 aliphatic heterocycles. The average molecular weight is 279 g/mol. The second-order valence-corrected chi connectivity index (χ2v) is 3.74. The van der Waals surface area contributed by atoms with Gasteiger partial charge in [-0.3, -0.25) is 14.9 Å². The number of amides is 1. The smallest absolute Gasteiger partial charge is 0.271 e. The molecule has 0 bridgehead atoms. The van der Waals surface area contributed by atoms with Gasteiger partial charge in [0.15, 0.2) is 0 Å². The molecule has 0 aliphatic carbocycles. The van der Waals surface area contributed by atoms with E-state index in [-0.39, 0.29) is 16.9 Å². The van der Waals surface area contributed by atoms with E-state index in [4.69, 9.17) is 0 Å². The van der Waals surface area contributed by atoms with E-state index in [2.05, 4.69) is 10.3 Å².